The molecule has 1 atom stereocenters. The van der Waals surface area contributed by atoms with Crippen LogP contribution in [-0.2, 0) is 0 Å². The SMILES string of the molecule is CCCN1CCC[C@@H](CC(C)C)C1. The molecule has 78 valence electrons. The third-order valence-corrected chi connectivity index (χ3v) is 2.95. The highest BCUT2D eigenvalue weighted by Gasteiger charge is 2.19. The van der Waals surface area contributed by atoms with Gasteiger partial charge in [-0.3, -0.25) is 0 Å². The summed E-state index contributed by atoms with van der Waals surface area (Å²) in [5, 5.41) is 0. The summed E-state index contributed by atoms with van der Waals surface area (Å²) in [5.41, 5.74) is 0. The van der Waals surface area contributed by atoms with E-state index in [9.17, 15) is 0 Å². The van der Waals surface area contributed by atoms with Crippen molar-refractivity contribution in [2.75, 3.05) is 19.6 Å². The molecule has 0 amide bonds. The largest absolute Gasteiger partial charge is 0.303 e. The van der Waals surface area contributed by atoms with Crippen LogP contribution in [0, 0.1) is 11.8 Å². The lowest BCUT2D eigenvalue weighted by Crippen LogP contribution is -2.36. The van der Waals surface area contributed by atoms with Gasteiger partial charge < -0.3 is 4.90 Å². The van der Waals surface area contributed by atoms with Crippen molar-refractivity contribution >= 4 is 0 Å². The molecule has 0 bridgehead atoms. The molecule has 0 saturated carbocycles. The molecule has 1 aliphatic rings. The lowest BCUT2D eigenvalue weighted by Gasteiger charge is -2.33. The maximum atomic E-state index is 2.65. The van der Waals surface area contributed by atoms with Crippen LogP contribution in [0.15, 0.2) is 0 Å². The number of nitrogens with zero attached hydrogens (tertiary/aromatic N) is 1. The first-order chi connectivity index (χ1) is 6.22. The van der Waals surface area contributed by atoms with Crippen molar-refractivity contribution in [3.05, 3.63) is 0 Å². The van der Waals surface area contributed by atoms with Gasteiger partial charge in [0.2, 0.25) is 0 Å². The van der Waals surface area contributed by atoms with Crippen molar-refractivity contribution in [3.63, 3.8) is 0 Å². The highest BCUT2D eigenvalue weighted by atomic mass is 15.1. The molecule has 0 aromatic heterocycles. The van der Waals surface area contributed by atoms with E-state index in [1.807, 2.05) is 0 Å². The van der Waals surface area contributed by atoms with Crippen LogP contribution in [0.1, 0.15) is 46.5 Å². The van der Waals surface area contributed by atoms with Gasteiger partial charge in [-0.2, -0.15) is 0 Å². The first kappa shape index (κ1) is 11.0. The van der Waals surface area contributed by atoms with Crippen LogP contribution in [0.2, 0.25) is 0 Å². The summed E-state index contributed by atoms with van der Waals surface area (Å²) in [6.07, 6.45) is 5.64. The molecule has 1 heterocycles. The molecule has 1 heteroatoms. The molecule has 1 saturated heterocycles. The molecular formula is C12H25N. The van der Waals surface area contributed by atoms with E-state index in [0.29, 0.717) is 0 Å². The zero-order chi connectivity index (χ0) is 9.68. The fraction of sp³-hybridized carbons (Fsp3) is 1.00. The Hall–Kier alpha value is -0.0400. The second-order valence-electron chi connectivity index (χ2n) is 4.94. The van der Waals surface area contributed by atoms with Crippen molar-refractivity contribution in [1.82, 2.24) is 4.90 Å². The van der Waals surface area contributed by atoms with Crippen molar-refractivity contribution in [2.45, 2.75) is 46.5 Å². The summed E-state index contributed by atoms with van der Waals surface area (Å²) in [6, 6.07) is 0. The summed E-state index contributed by atoms with van der Waals surface area (Å²) in [7, 11) is 0. The zero-order valence-electron chi connectivity index (χ0n) is 9.55. The predicted molar refractivity (Wildman–Crippen MR) is 58.9 cm³/mol. The number of hydrogen-bond donors (Lipinski definition) is 0. The van der Waals surface area contributed by atoms with Gasteiger partial charge in [0.1, 0.15) is 0 Å². The van der Waals surface area contributed by atoms with E-state index in [1.54, 1.807) is 0 Å². The van der Waals surface area contributed by atoms with Gasteiger partial charge in [-0.25, -0.2) is 0 Å². The number of likely N-dealkylation sites (tertiary alicyclic amines) is 1. The lowest BCUT2D eigenvalue weighted by molar-refractivity contribution is 0.160. The van der Waals surface area contributed by atoms with Crippen molar-refractivity contribution in [1.29, 1.82) is 0 Å². The summed E-state index contributed by atoms with van der Waals surface area (Å²) < 4.78 is 0. The van der Waals surface area contributed by atoms with Gasteiger partial charge in [0.15, 0.2) is 0 Å². The van der Waals surface area contributed by atoms with Gasteiger partial charge >= 0.3 is 0 Å². The van der Waals surface area contributed by atoms with E-state index in [4.69, 9.17) is 0 Å². The molecule has 1 nitrogen and oxygen atoms in total. The lowest BCUT2D eigenvalue weighted by atomic mass is 9.90. The monoisotopic (exact) mass is 183 g/mol. The standard InChI is InChI=1S/C12H25N/c1-4-7-13-8-5-6-12(10-13)9-11(2)3/h11-12H,4-10H2,1-3H3/t12-/m0/s1. The topological polar surface area (TPSA) is 3.24 Å². The Morgan fingerprint density at radius 3 is 2.77 bits per heavy atom. The molecule has 0 radical (unpaired) electrons. The molecule has 0 aliphatic carbocycles. The minimum atomic E-state index is 0.881. The quantitative estimate of drug-likeness (QED) is 0.647. The highest BCUT2D eigenvalue weighted by molar-refractivity contribution is 4.73. The van der Waals surface area contributed by atoms with Crippen LogP contribution in [0.3, 0.4) is 0 Å². The Labute approximate surface area is 83.5 Å². The molecule has 1 aliphatic heterocycles. The van der Waals surface area contributed by atoms with Gasteiger partial charge in [-0.15, -0.1) is 0 Å². The minimum Gasteiger partial charge on any atom is -0.303 e. The molecular weight excluding hydrogens is 158 g/mol. The van der Waals surface area contributed by atoms with Gasteiger partial charge in [0.05, 0.1) is 0 Å². The molecule has 1 fully saturated rings. The first-order valence-electron chi connectivity index (χ1n) is 5.94. The predicted octanol–water partition coefficient (Wildman–Crippen LogP) is 3.15. The van der Waals surface area contributed by atoms with Crippen LogP contribution in [-0.4, -0.2) is 24.5 Å². The second kappa shape index (κ2) is 5.64. The summed E-state index contributed by atoms with van der Waals surface area (Å²) >= 11 is 0. The van der Waals surface area contributed by atoms with E-state index < -0.39 is 0 Å². The molecule has 0 aromatic carbocycles. The van der Waals surface area contributed by atoms with Crippen LogP contribution in [0.25, 0.3) is 0 Å². The van der Waals surface area contributed by atoms with Gasteiger partial charge in [0, 0.05) is 6.54 Å². The average Bonchev–Trinajstić information content (AvgIpc) is 2.04. The van der Waals surface area contributed by atoms with Crippen LogP contribution in [0.4, 0.5) is 0 Å². The molecule has 0 spiro atoms. The smallest absolute Gasteiger partial charge is 0.000976 e. The third kappa shape index (κ3) is 4.12. The maximum absolute atomic E-state index is 2.65. The van der Waals surface area contributed by atoms with Gasteiger partial charge in [0.25, 0.3) is 0 Å². The Balaban J connectivity index is 2.24. The second-order valence-corrected chi connectivity index (χ2v) is 4.94. The fourth-order valence-electron chi connectivity index (χ4n) is 2.53. The Morgan fingerprint density at radius 2 is 2.15 bits per heavy atom. The van der Waals surface area contributed by atoms with Gasteiger partial charge in [-0.05, 0) is 50.6 Å². The number of piperidine rings is 1. The van der Waals surface area contributed by atoms with E-state index in [-0.39, 0.29) is 0 Å². The van der Waals surface area contributed by atoms with E-state index in [0.717, 1.165) is 11.8 Å². The normalized spacial score (nSPS) is 25.4. The Morgan fingerprint density at radius 1 is 1.38 bits per heavy atom. The molecule has 13 heavy (non-hydrogen) atoms. The third-order valence-electron chi connectivity index (χ3n) is 2.95. The fourth-order valence-corrected chi connectivity index (χ4v) is 2.53. The number of hydrogen-bond acceptors (Lipinski definition) is 1. The van der Waals surface area contributed by atoms with E-state index >= 15 is 0 Å². The summed E-state index contributed by atoms with van der Waals surface area (Å²) in [6.45, 7) is 11.0. The molecule has 0 aromatic rings. The highest BCUT2D eigenvalue weighted by Crippen LogP contribution is 2.22. The van der Waals surface area contributed by atoms with Crippen LogP contribution >= 0.6 is 0 Å². The van der Waals surface area contributed by atoms with E-state index in [2.05, 4.69) is 25.7 Å². The Bertz CT molecular complexity index is 129. The van der Waals surface area contributed by atoms with E-state index in [1.165, 1.54) is 45.3 Å². The summed E-state index contributed by atoms with van der Waals surface area (Å²) in [5.74, 6) is 1.87. The molecule has 0 unspecified atom stereocenters. The first-order valence-corrected chi connectivity index (χ1v) is 5.94. The number of rotatable bonds is 4. The minimum absolute atomic E-state index is 0.881. The van der Waals surface area contributed by atoms with Gasteiger partial charge in [-0.1, -0.05) is 20.8 Å². The Kier molecular flexibility index (Phi) is 4.79. The molecule has 1 rings (SSSR count). The van der Waals surface area contributed by atoms with Crippen molar-refractivity contribution in [3.8, 4) is 0 Å². The van der Waals surface area contributed by atoms with Crippen molar-refractivity contribution in [2.24, 2.45) is 11.8 Å². The van der Waals surface area contributed by atoms with Crippen molar-refractivity contribution < 1.29 is 0 Å². The van der Waals surface area contributed by atoms with Crippen LogP contribution in [0.5, 0.6) is 0 Å². The summed E-state index contributed by atoms with van der Waals surface area (Å²) in [4.78, 5) is 2.65. The zero-order valence-corrected chi connectivity index (χ0v) is 9.55. The maximum Gasteiger partial charge on any atom is 0.000976 e. The van der Waals surface area contributed by atoms with Crippen LogP contribution < -0.4 is 0 Å². The molecule has 0 N–H and O–H groups in total. The average molecular weight is 183 g/mol.